The van der Waals surface area contributed by atoms with Crippen molar-refractivity contribution in [3.8, 4) is 23.7 Å². The summed E-state index contributed by atoms with van der Waals surface area (Å²) in [6, 6.07) is 22.9. The maximum Gasteiger partial charge on any atom is 0.0408 e. The molecule has 0 N–H and O–H groups in total. The number of hydrogen-bond donors (Lipinski definition) is 0. The van der Waals surface area contributed by atoms with Crippen LogP contribution in [0.5, 0.6) is 0 Å². The van der Waals surface area contributed by atoms with Gasteiger partial charge in [0.15, 0.2) is 0 Å². The SMILES string of the molecule is CCCCCCCCC#Cc1cc2c(cc1C#CCCCCCCCC)c1cc3c4cc5ccccc5cc4c3cc21. The zero-order valence-corrected chi connectivity index (χ0v) is 25.7. The van der Waals surface area contributed by atoms with Crippen molar-refractivity contribution >= 4 is 53.9 Å². The van der Waals surface area contributed by atoms with Crippen molar-refractivity contribution in [1.82, 2.24) is 0 Å². The lowest BCUT2D eigenvalue weighted by Crippen LogP contribution is -1.93. The fourth-order valence-corrected chi connectivity index (χ4v) is 6.61. The van der Waals surface area contributed by atoms with Crippen LogP contribution in [0.4, 0.5) is 0 Å². The van der Waals surface area contributed by atoms with Crippen LogP contribution in [-0.4, -0.2) is 0 Å². The van der Waals surface area contributed by atoms with Crippen LogP contribution in [-0.2, 0) is 0 Å². The van der Waals surface area contributed by atoms with E-state index in [-0.39, 0.29) is 0 Å². The summed E-state index contributed by atoms with van der Waals surface area (Å²) in [6.45, 7) is 4.55. The van der Waals surface area contributed by atoms with E-state index in [9.17, 15) is 0 Å². The summed E-state index contributed by atoms with van der Waals surface area (Å²) >= 11 is 0. The van der Waals surface area contributed by atoms with Gasteiger partial charge in [0.1, 0.15) is 0 Å². The molecule has 0 saturated heterocycles. The molecular weight excluding hydrogens is 504 g/mol. The molecule has 0 aromatic heterocycles. The standard InChI is InChI=1S/C42H44/c1-3-5-7-9-11-13-15-17-21-31-25-35-36(26-32(31)22-18-16-14-12-10-8-6-4-2)40-30-42-38-28-34-24-20-19-23-33(34)27-37(38)41(42)29-39(35)40/h19-20,23-30H,3-16H2,1-2H3. The average Bonchev–Trinajstić information content (AvgIpc) is 3.01. The fraction of sp³-hybridized carbons (Fsp3) is 0.381. The molecule has 0 fully saturated rings. The highest BCUT2D eigenvalue weighted by atomic mass is 14.2. The van der Waals surface area contributed by atoms with Crippen molar-refractivity contribution in [3.05, 3.63) is 71.8 Å². The Balaban J connectivity index is 1.28. The van der Waals surface area contributed by atoms with E-state index in [1.54, 1.807) is 0 Å². The summed E-state index contributed by atoms with van der Waals surface area (Å²) in [6.07, 6.45) is 17.6. The summed E-state index contributed by atoms with van der Waals surface area (Å²) in [5.41, 5.74) is 2.21. The third-order valence-corrected chi connectivity index (χ3v) is 9.12. The predicted molar refractivity (Wildman–Crippen MR) is 186 cm³/mol. The van der Waals surface area contributed by atoms with E-state index in [2.05, 4.69) is 98.2 Å². The first kappa shape index (κ1) is 28.4. The van der Waals surface area contributed by atoms with Crippen molar-refractivity contribution in [2.45, 2.75) is 104 Å². The van der Waals surface area contributed by atoms with E-state index in [4.69, 9.17) is 0 Å². The fourth-order valence-electron chi connectivity index (χ4n) is 6.61. The van der Waals surface area contributed by atoms with Crippen LogP contribution < -0.4 is 0 Å². The number of unbranched alkanes of at least 4 members (excludes halogenated alkanes) is 12. The third kappa shape index (κ3) is 5.92. The van der Waals surface area contributed by atoms with Gasteiger partial charge in [-0.05, 0) is 103 Å². The number of rotatable bonds is 12. The highest BCUT2D eigenvalue weighted by molar-refractivity contribution is 6.36. The molecule has 0 aliphatic heterocycles. The number of hydrogen-bond acceptors (Lipinski definition) is 0. The molecule has 0 heteroatoms. The van der Waals surface area contributed by atoms with Crippen molar-refractivity contribution in [2.75, 3.05) is 0 Å². The highest BCUT2D eigenvalue weighted by Crippen LogP contribution is 2.45. The topological polar surface area (TPSA) is 0 Å². The Hall–Kier alpha value is -3.74. The van der Waals surface area contributed by atoms with E-state index in [1.807, 2.05) is 0 Å². The Bertz CT molecular complexity index is 1770. The molecule has 0 unspecified atom stereocenters. The Morgan fingerprint density at radius 3 is 1.19 bits per heavy atom. The molecule has 212 valence electrons. The van der Waals surface area contributed by atoms with E-state index in [0.29, 0.717) is 0 Å². The summed E-state index contributed by atoms with van der Waals surface area (Å²) < 4.78 is 0. The molecule has 0 bridgehead atoms. The minimum Gasteiger partial charge on any atom is -0.0978 e. The van der Waals surface area contributed by atoms with Crippen molar-refractivity contribution < 1.29 is 0 Å². The van der Waals surface area contributed by atoms with E-state index in [0.717, 1.165) is 24.0 Å². The van der Waals surface area contributed by atoms with Gasteiger partial charge in [0.2, 0.25) is 0 Å². The van der Waals surface area contributed by atoms with Gasteiger partial charge in [-0.25, -0.2) is 0 Å². The Labute approximate surface area is 252 Å². The minimum absolute atomic E-state index is 0.975. The Morgan fingerprint density at radius 2 is 0.762 bits per heavy atom. The van der Waals surface area contributed by atoms with Gasteiger partial charge >= 0.3 is 0 Å². The van der Waals surface area contributed by atoms with Crippen LogP contribution in [0.15, 0.2) is 60.7 Å². The molecule has 0 spiro atoms. The van der Waals surface area contributed by atoms with E-state index in [1.165, 1.54) is 131 Å². The molecule has 6 aromatic rings. The lowest BCUT2D eigenvalue weighted by atomic mass is 9.84. The first-order chi connectivity index (χ1) is 20.8. The van der Waals surface area contributed by atoms with Crippen LogP contribution in [0.2, 0.25) is 0 Å². The monoisotopic (exact) mass is 548 g/mol. The molecule has 42 heavy (non-hydrogen) atoms. The first-order valence-corrected chi connectivity index (χ1v) is 16.7. The molecule has 0 saturated carbocycles. The average molecular weight is 549 g/mol. The predicted octanol–water partition coefficient (Wildman–Crippen LogP) is 12.5. The van der Waals surface area contributed by atoms with Gasteiger partial charge in [0.05, 0.1) is 0 Å². The molecule has 0 nitrogen and oxygen atoms in total. The zero-order valence-electron chi connectivity index (χ0n) is 25.7. The molecule has 6 aromatic carbocycles. The van der Waals surface area contributed by atoms with Crippen molar-refractivity contribution in [3.63, 3.8) is 0 Å². The maximum absolute atomic E-state index is 3.55. The van der Waals surface area contributed by atoms with E-state index >= 15 is 0 Å². The molecule has 6 rings (SSSR count). The second-order valence-corrected chi connectivity index (χ2v) is 12.3. The van der Waals surface area contributed by atoms with Crippen LogP contribution >= 0.6 is 0 Å². The Morgan fingerprint density at radius 1 is 0.405 bits per heavy atom. The van der Waals surface area contributed by atoms with Crippen molar-refractivity contribution in [2.24, 2.45) is 0 Å². The second-order valence-electron chi connectivity index (χ2n) is 12.3. The lowest BCUT2D eigenvalue weighted by Gasteiger charge is -2.19. The number of benzene rings is 4. The van der Waals surface area contributed by atoms with Gasteiger partial charge in [-0.15, -0.1) is 0 Å². The van der Waals surface area contributed by atoms with Gasteiger partial charge < -0.3 is 0 Å². The maximum atomic E-state index is 3.55. The van der Waals surface area contributed by atoms with Crippen LogP contribution in [0, 0.1) is 23.7 Å². The van der Waals surface area contributed by atoms with E-state index < -0.39 is 0 Å². The number of fused-ring (bicyclic) bond motifs is 9. The van der Waals surface area contributed by atoms with Crippen molar-refractivity contribution in [1.29, 1.82) is 0 Å². The van der Waals surface area contributed by atoms with Gasteiger partial charge in [-0.3, -0.25) is 0 Å². The second kappa shape index (κ2) is 13.5. The Kier molecular flexibility index (Phi) is 9.12. The summed E-state index contributed by atoms with van der Waals surface area (Å²) in [4.78, 5) is 0. The first-order valence-electron chi connectivity index (χ1n) is 16.7. The largest absolute Gasteiger partial charge is 0.0978 e. The molecule has 0 aliphatic carbocycles. The van der Waals surface area contributed by atoms with Gasteiger partial charge in [-0.1, -0.05) is 126 Å². The lowest BCUT2D eigenvalue weighted by molar-refractivity contribution is 0.614. The molecule has 0 radical (unpaired) electrons. The molecule has 0 atom stereocenters. The van der Waals surface area contributed by atoms with Crippen LogP contribution in [0.3, 0.4) is 0 Å². The molecular formula is C42H44. The smallest absolute Gasteiger partial charge is 0.0408 e. The summed E-state index contributed by atoms with van der Waals surface area (Å²) in [5, 5.41) is 13.6. The summed E-state index contributed by atoms with van der Waals surface area (Å²) in [7, 11) is 0. The molecule has 0 aliphatic rings. The van der Waals surface area contributed by atoms with Crippen LogP contribution in [0.1, 0.15) is 115 Å². The van der Waals surface area contributed by atoms with Gasteiger partial charge in [0, 0.05) is 24.0 Å². The van der Waals surface area contributed by atoms with Gasteiger partial charge in [-0.2, -0.15) is 0 Å². The third-order valence-electron chi connectivity index (χ3n) is 9.12. The highest BCUT2D eigenvalue weighted by Gasteiger charge is 2.18. The minimum atomic E-state index is 0.975. The van der Waals surface area contributed by atoms with Crippen LogP contribution in [0.25, 0.3) is 53.9 Å². The molecule has 0 amide bonds. The molecule has 0 heterocycles. The normalized spacial score (nSPS) is 11.6. The quantitative estimate of drug-likeness (QED) is 0.105. The summed E-state index contributed by atoms with van der Waals surface area (Å²) in [5.74, 6) is 14.1. The van der Waals surface area contributed by atoms with Gasteiger partial charge in [0.25, 0.3) is 0 Å². The zero-order chi connectivity index (χ0) is 28.7.